The highest BCUT2D eigenvalue weighted by Gasteiger charge is 2.26. The quantitative estimate of drug-likeness (QED) is 0.651. The van der Waals surface area contributed by atoms with Gasteiger partial charge in [-0.3, -0.25) is 14.5 Å². The van der Waals surface area contributed by atoms with Gasteiger partial charge in [0.05, 0.1) is 26.5 Å². The van der Waals surface area contributed by atoms with Crippen LogP contribution < -0.4 is 20.1 Å². The molecule has 1 saturated heterocycles. The first kappa shape index (κ1) is 23.5. The molecule has 9 heteroatoms. The Labute approximate surface area is 185 Å². The smallest absolute Gasteiger partial charge is 0.238 e. The number of amides is 2. The van der Waals surface area contributed by atoms with Crippen molar-refractivity contribution in [1.82, 2.24) is 10.2 Å². The fourth-order valence-electron chi connectivity index (χ4n) is 3.64. The molecule has 0 saturated carbocycles. The van der Waals surface area contributed by atoms with Crippen molar-refractivity contribution in [3.63, 3.8) is 0 Å². The van der Waals surface area contributed by atoms with Gasteiger partial charge in [0.25, 0.3) is 0 Å². The molecule has 32 heavy (non-hydrogen) atoms. The number of anilines is 1. The highest BCUT2D eigenvalue weighted by Crippen LogP contribution is 2.29. The lowest BCUT2D eigenvalue weighted by Crippen LogP contribution is -2.43. The van der Waals surface area contributed by atoms with E-state index in [1.165, 1.54) is 13.2 Å². The van der Waals surface area contributed by atoms with Crippen LogP contribution in [0.3, 0.4) is 0 Å². The molecule has 1 aliphatic heterocycles. The second-order valence-corrected chi connectivity index (χ2v) is 7.62. The van der Waals surface area contributed by atoms with Crippen molar-refractivity contribution in [2.75, 3.05) is 39.2 Å². The number of methoxy groups -OCH3 is 2. The van der Waals surface area contributed by atoms with Crippen LogP contribution in [0.25, 0.3) is 0 Å². The third-order valence-corrected chi connectivity index (χ3v) is 5.48. The Kier molecular flexibility index (Phi) is 7.99. The Balaban J connectivity index is 1.44. The zero-order valence-electron chi connectivity index (χ0n) is 18.1. The second kappa shape index (κ2) is 10.9. The molecule has 0 aromatic heterocycles. The first-order chi connectivity index (χ1) is 15.4. The average Bonchev–Trinajstić information content (AvgIpc) is 2.79. The molecule has 172 valence electrons. The van der Waals surface area contributed by atoms with Crippen LogP contribution in [0.5, 0.6) is 11.5 Å². The van der Waals surface area contributed by atoms with Gasteiger partial charge in [0.1, 0.15) is 23.1 Å². The minimum absolute atomic E-state index is 0.0112. The Morgan fingerprint density at radius 3 is 2.47 bits per heavy atom. The highest BCUT2D eigenvalue weighted by atomic mass is 19.1. The summed E-state index contributed by atoms with van der Waals surface area (Å²) in [7, 11) is 3.07. The molecular weight excluding hydrogens is 420 g/mol. The molecule has 0 atom stereocenters. The van der Waals surface area contributed by atoms with Crippen LogP contribution in [-0.4, -0.2) is 50.6 Å². The Morgan fingerprint density at radius 1 is 1.06 bits per heavy atom. The number of hydrogen-bond donors (Lipinski definition) is 2. The van der Waals surface area contributed by atoms with Crippen LogP contribution in [0, 0.1) is 17.6 Å². The maximum absolute atomic E-state index is 13.7. The van der Waals surface area contributed by atoms with E-state index in [-0.39, 0.29) is 36.4 Å². The lowest BCUT2D eigenvalue weighted by atomic mass is 9.96. The van der Waals surface area contributed by atoms with E-state index >= 15 is 0 Å². The molecule has 2 aromatic rings. The monoisotopic (exact) mass is 447 g/mol. The number of carbonyl (C=O) groups is 2. The normalized spacial score (nSPS) is 14.6. The molecular formula is C23H27F2N3O4. The van der Waals surface area contributed by atoms with E-state index in [9.17, 15) is 18.4 Å². The number of carbonyl (C=O) groups excluding carboxylic acids is 2. The standard InChI is InChI=1S/C23H27F2N3O4/c1-31-18-5-6-20(21(12-18)32-2)27-22(29)14-28-9-7-15(8-10-28)23(30)26-13-16-3-4-17(24)11-19(16)25/h3-6,11-12,15H,7-10,13-14H2,1-2H3,(H,26,30)(H,27,29). The zero-order chi connectivity index (χ0) is 23.1. The summed E-state index contributed by atoms with van der Waals surface area (Å²) in [6.45, 7) is 1.40. The van der Waals surface area contributed by atoms with Crippen molar-refractivity contribution in [2.45, 2.75) is 19.4 Å². The number of halogens is 2. The lowest BCUT2D eigenvalue weighted by Gasteiger charge is -2.30. The summed E-state index contributed by atoms with van der Waals surface area (Å²) in [6.07, 6.45) is 1.19. The van der Waals surface area contributed by atoms with Gasteiger partial charge >= 0.3 is 0 Å². The molecule has 2 aromatic carbocycles. The molecule has 0 aliphatic carbocycles. The first-order valence-electron chi connectivity index (χ1n) is 10.4. The average molecular weight is 447 g/mol. The van der Waals surface area contributed by atoms with E-state index in [1.807, 2.05) is 4.90 Å². The predicted molar refractivity (Wildman–Crippen MR) is 116 cm³/mol. The predicted octanol–water partition coefficient (Wildman–Crippen LogP) is 2.95. The summed E-state index contributed by atoms with van der Waals surface area (Å²) in [5, 5.41) is 5.56. The molecule has 0 bridgehead atoms. The molecule has 1 heterocycles. The number of rotatable bonds is 8. The molecule has 2 amide bonds. The molecule has 3 rings (SSSR count). The largest absolute Gasteiger partial charge is 0.497 e. The maximum atomic E-state index is 13.7. The van der Waals surface area contributed by atoms with Crippen LogP contribution in [0.4, 0.5) is 14.5 Å². The topological polar surface area (TPSA) is 79.9 Å². The Morgan fingerprint density at radius 2 is 1.81 bits per heavy atom. The third kappa shape index (κ3) is 6.16. The van der Waals surface area contributed by atoms with Crippen LogP contribution in [0.1, 0.15) is 18.4 Å². The molecule has 0 unspecified atom stereocenters. The maximum Gasteiger partial charge on any atom is 0.238 e. The van der Waals surface area contributed by atoms with Crippen LogP contribution in [-0.2, 0) is 16.1 Å². The highest BCUT2D eigenvalue weighted by molar-refractivity contribution is 5.93. The van der Waals surface area contributed by atoms with E-state index < -0.39 is 11.6 Å². The van der Waals surface area contributed by atoms with Gasteiger partial charge in [-0.25, -0.2) is 8.78 Å². The summed E-state index contributed by atoms with van der Waals surface area (Å²) in [6, 6.07) is 8.43. The van der Waals surface area contributed by atoms with Gasteiger partial charge in [0, 0.05) is 30.2 Å². The van der Waals surface area contributed by atoms with Crippen molar-refractivity contribution in [1.29, 1.82) is 0 Å². The number of likely N-dealkylation sites (tertiary alicyclic amines) is 1. The van der Waals surface area contributed by atoms with Gasteiger partial charge in [0.2, 0.25) is 11.8 Å². The van der Waals surface area contributed by atoms with E-state index in [1.54, 1.807) is 25.3 Å². The minimum Gasteiger partial charge on any atom is -0.497 e. The van der Waals surface area contributed by atoms with Crippen molar-refractivity contribution in [3.05, 3.63) is 53.6 Å². The summed E-state index contributed by atoms with van der Waals surface area (Å²) in [4.78, 5) is 26.8. The van der Waals surface area contributed by atoms with E-state index in [2.05, 4.69) is 10.6 Å². The van der Waals surface area contributed by atoms with Crippen molar-refractivity contribution >= 4 is 17.5 Å². The summed E-state index contributed by atoms with van der Waals surface area (Å²) in [5.74, 6) is -0.754. The van der Waals surface area contributed by atoms with Gasteiger partial charge in [-0.05, 0) is 44.1 Å². The summed E-state index contributed by atoms with van der Waals surface area (Å²) in [5.41, 5.74) is 0.795. The molecule has 2 N–H and O–H groups in total. The fourth-order valence-corrected chi connectivity index (χ4v) is 3.64. The molecule has 7 nitrogen and oxygen atoms in total. The second-order valence-electron chi connectivity index (χ2n) is 7.62. The van der Waals surface area contributed by atoms with Crippen molar-refractivity contribution in [3.8, 4) is 11.5 Å². The van der Waals surface area contributed by atoms with Crippen molar-refractivity contribution in [2.24, 2.45) is 5.92 Å². The van der Waals surface area contributed by atoms with E-state index in [4.69, 9.17) is 9.47 Å². The lowest BCUT2D eigenvalue weighted by molar-refractivity contribution is -0.126. The summed E-state index contributed by atoms with van der Waals surface area (Å²) >= 11 is 0. The molecule has 0 spiro atoms. The van der Waals surface area contributed by atoms with E-state index in [0.717, 1.165) is 12.1 Å². The number of piperidine rings is 1. The SMILES string of the molecule is COc1ccc(NC(=O)CN2CCC(C(=O)NCc3ccc(F)cc3F)CC2)c(OC)c1. The minimum atomic E-state index is -0.681. The molecule has 0 radical (unpaired) electrons. The number of hydrogen-bond acceptors (Lipinski definition) is 5. The Bertz CT molecular complexity index is 962. The zero-order valence-corrected chi connectivity index (χ0v) is 18.1. The number of nitrogens with zero attached hydrogens (tertiary/aromatic N) is 1. The van der Waals surface area contributed by atoms with Crippen LogP contribution in [0.2, 0.25) is 0 Å². The molecule has 1 fully saturated rings. The van der Waals surface area contributed by atoms with E-state index in [0.29, 0.717) is 43.1 Å². The molecule has 1 aliphatic rings. The third-order valence-electron chi connectivity index (χ3n) is 5.48. The fraction of sp³-hybridized carbons (Fsp3) is 0.391. The van der Waals surface area contributed by atoms with Gasteiger partial charge in [-0.1, -0.05) is 6.07 Å². The summed E-state index contributed by atoms with van der Waals surface area (Å²) < 4.78 is 37.1. The van der Waals surface area contributed by atoms with Crippen LogP contribution in [0.15, 0.2) is 36.4 Å². The van der Waals surface area contributed by atoms with Crippen molar-refractivity contribution < 1.29 is 27.8 Å². The van der Waals surface area contributed by atoms with Gasteiger partial charge in [-0.2, -0.15) is 0 Å². The van der Waals surface area contributed by atoms with Gasteiger partial charge in [0.15, 0.2) is 0 Å². The first-order valence-corrected chi connectivity index (χ1v) is 10.4. The van der Waals surface area contributed by atoms with Gasteiger partial charge in [-0.15, -0.1) is 0 Å². The Hall–Kier alpha value is -3.20. The van der Waals surface area contributed by atoms with Gasteiger partial charge < -0.3 is 20.1 Å². The van der Waals surface area contributed by atoms with Crippen LogP contribution >= 0.6 is 0 Å². The number of nitrogens with one attached hydrogen (secondary N) is 2. The number of benzene rings is 2. The number of ether oxygens (including phenoxy) is 2.